The van der Waals surface area contributed by atoms with E-state index in [1.807, 2.05) is 36.4 Å². The average molecular weight is 251 g/mol. The molecule has 92 valence electrons. The molecule has 0 aliphatic heterocycles. The van der Waals surface area contributed by atoms with Crippen LogP contribution in [0.5, 0.6) is 0 Å². The maximum absolute atomic E-state index is 11.7. The summed E-state index contributed by atoms with van der Waals surface area (Å²) in [5.41, 5.74) is 1.48. The van der Waals surface area contributed by atoms with E-state index in [0.717, 1.165) is 5.56 Å². The molecule has 2 aromatic heterocycles. The lowest BCUT2D eigenvalue weighted by Crippen LogP contribution is -2.16. The number of rotatable bonds is 2. The minimum atomic E-state index is -0.351. The third-order valence-corrected chi connectivity index (χ3v) is 2.77. The third kappa shape index (κ3) is 1.87. The van der Waals surface area contributed by atoms with Crippen molar-refractivity contribution in [3.8, 4) is 17.5 Å². The van der Waals surface area contributed by atoms with Crippen LogP contribution in [-0.4, -0.2) is 19.5 Å². The van der Waals surface area contributed by atoms with Gasteiger partial charge in [-0.15, -0.1) is 0 Å². The van der Waals surface area contributed by atoms with Crippen molar-refractivity contribution in [2.75, 3.05) is 0 Å². The van der Waals surface area contributed by atoms with Gasteiger partial charge in [-0.2, -0.15) is 5.26 Å². The molecule has 0 fully saturated rings. The molecule has 3 rings (SSSR count). The van der Waals surface area contributed by atoms with Gasteiger partial charge in [0.05, 0.1) is 12.3 Å². The van der Waals surface area contributed by atoms with Crippen LogP contribution in [-0.2, 0) is 6.54 Å². The van der Waals surface area contributed by atoms with Gasteiger partial charge in [0.25, 0.3) is 0 Å². The van der Waals surface area contributed by atoms with Crippen LogP contribution in [0.1, 0.15) is 0 Å². The van der Waals surface area contributed by atoms with Crippen molar-refractivity contribution in [1.82, 2.24) is 19.5 Å². The van der Waals surface area contributed by atoms with Crippen LogP contribution in [0.25, 0.3) is 22.6 Å². The minimum absolute atomic E-state index is 0.0376. The monoisotopic (exact) mass is 251 g/mol. The highest BCUT2D eigenvalue weighted by molar-refractivity contribution is 5.72. The number of aromatic nitrogens is 4. The molecule has 0 aliphatic carbocycles. The molecule has 0 spiro atoms. The second-order valence-electron chi connectivity index (χ2n) is 3.97. The van der Waals surface area contributed by atoms with Crippen LogP contribution in [0.15, 0.2) is 41.3 Å². The summed E-state index contributed by atoms with van der Waals surface area (Å²) >= 11 is 0. The van der Waals surface area contributed by atoms with Crippen LogP contribution in [0.2, 0.25) is 0 Å². The number of benzene rings is 1. The Bertz CT molecular complexity index is 826. The fourth-order valence-corrected chi connectivity index (χ4v) is 1.89. The lowest BCUT2D eigenvalue weighted by Gasteiger charge is -2.00. The first-order valence-electron chi connectivity index (χ1n) is 5.67. The van der Waals surface area contributed by atoms with Crippen LogP contribution in [0.4, 0.5) is 0 Å². The van der Waals surface area contributed by atoms with Gasteiger partial charge in [-0.25, -0.2) is 14.8 Å². The highest BCUT2D eigenvalue weighted by Crippen LogP contribution is 2.16. The Kier molecular flexibility index (Phi) is 2.58. The lowest BCUT2D eigenvalue weighted by atomic mass is 10.2. The van der Waals surface area contributed by atoms with Gasteiger partial charge >= 0.3 is 5.69 Å². The average Bonchev–Trinajstić information content (AvgIpc) is 2.76. The van der Waals surface area contributed by atoms with E-state index in [9.17, 15) is 4.79 Å². The van der Waals surface area contributed by atoms with E-state index < -0.39 is 0 Å². The highest BCUT2D eigenvalue weighted by Gasteiger charge is 2.10. The van der Waals surface area contributed by atoms with Crippen molar-refractivity contribution < 1.29 is 0 Å². The first kappa shape index (κ1) is 11.2. The molecule has 1 aromatic carbocycles. The number of aromatic amines is 1. The summed E-state index contributed by atoms with van der Waals surface area (Å²) in [6.45, 7) is -0.0376. The summed E-state index contributed by atoms with van der Waals surface area (Å²) in [7, 11) is 0. The van der Waals surface area contributed by atoms with Crippen LogP contribution < -0.4 is 5.69 Å². The van der Waals surface area contributed by atoms with E-state index in [1.54, 1.807) is 6.20 Å². The number of hydrogen-bond acceptors (Lipinski definition) is 4. The van der Waals surface area contributed by atoms with Crippen LogP contribution in [0.3, 0.4) is 0 Å². The standard InChI is InChI=1S/C13H9N5O/c14-6-7-18-12-10(16-13(18)19)8-15-11(17-12)9-4-2-1-3-5-9/h1-5,8H,7H2,(H,16,19). The highest BCUT2D eigenvalue weighted by atomic mass is 16.1. The number of imidazole rings is 1. The number of nitrogens with one attached hydrogen (secondary N) is 1. The van der Waals surface area contributed by atoms with E-state index in [-0.39, 0.29) is 12.2 Å². The van der Waals surface area contributed by atoms with Gasteiger partial charge in [0, 0.05) is 5.56 Å². The van der Waals surface area contributed by atoms with Crippen LogP contribution in [0, 0.1) is 11.3 Å². The van der Waals surface area contributed by atoms with Gasteiger partial charge in [-0.3, -0.25) is 4.57 Å². The quantitative estimate of drug-likeness (QED) is 0.743. The SMILES string of the molecule is N#CCn1c(=O)[nH]c2cnc(-c3ccccc3)nc21. The number of hydrogen-bond donors (Lipinski definition) is 1. The molecular weight excluding hydrogens is 242 g/mol. The van der Waals surface area contributed by atoms with Gasteiger partial charge in [0.2, 0.25) is 0 Å². The molecular formula is C13H9N5O. The molecule has 6 nitrogen and oxygen atoms in total. The molecule has 0 saturated carbocycles. The number of nitriles is 1. The zero-order valence-corrected chi connectivity index (χ0v) is 9.87. The Balaban J connectivity index is 2.23. The van der Waals surface area contributed by atoms with Crippen molar-refractivity contribution in [1.29, 1.82) is 5.26 Å². The zero-order chi connectivity index (χ0) is 13.2. The summed E-state index contributed by atoms with van der Waals surface area (Å²) < 4.78 is 1.30. The van der Waals surface area contributed by atoms with Gasteiger partial charge < -0.3 is 4.98 Å². The Hall–Kier alpha value is -2.94. The molecule has 2 heterocycles. The summed E-state index contributed by atoms with van der Waals surface area (Å²) in [6.07, 6.45) is 1.56. The van der Waals surface area contributed by atoms with Gasteiger partial charge in [0.15, 0.2) is 11.5 Å². The summed E-state index contributed by atoms with van der Waals surface area (Å²) in [5, 5.41) is 8.74. The second kappa shape index (κ2) is 4.38. The molecule has 0 radical (unpaired) electrons. The molecule has 0 aliphatic rings. The zero-order valence-electron chi connectivity index (χ0n) is 9.87. The Morgan fingerprint density at radius 1 is 1.32 bits per heavy atom. The first-order valence-corrected chi connectivity index (χ1v) is 5.67. The molecule has 0 atom stereocenters. The van der Waals surface area contributed by atoms with Crippen molar-refractivity contribution in [2.45, 2.75) is 6.54 Å². The largest absolute Gasteiger partial charge is 0.328 e. The summed E-state index contributed by atoms with van der Waals surface area (Å²) in [4.78, 5) is 22.9. The molecule has 3 aromatic rings. The van der Waals surface area contributed by atoms with Gasteiger partial charge in [0.1, 0.15) is 12.1 Å². The Morgan fingerprint density at radius 3 is 2.84 bits per heavy atom. The fraction of sp³-hybridized carbons (Fsp3) is 0.0769. The molecule has 0 bridgehead atoms. The summed E-state index contributed by atoms with van der Waals surface area (Å²) in [5.74, 6) is 0.527. The van der Waals surface area contributed by atoms with E-state index in [2.05, 4.69) is 15.0 Å². The Labute approximate surface area is 108 Å². The third-order valence-electron chi connectivity index (χ3n) is 2.77. The maximum Gasteiger partial charge on any atom is 0.328 e. The van der Waals surface area contributed by atoms with E-state index in [1.165, 1.54) is 4.57 Å². The normalized spacial score (nSPS) is 10.5. The molecule has 1 N–H and O–H groups in total. The molecule has 0 saturated heterocycles. The fourth-order valence-electron chi connectivity index (χ4n) is 1.89. The van der Waals surface area contributed by atoms with Crippen LogP contribution >= 0.6 is 0 Å². The smallest absolute Gasteiger partial charge is 0.303 e. The van der Waals surface area contributed by atoms with Gasteiger partial charge in [-0.05, 0) is 0 Å². The van der Waals surface area contributed by atoms with Crippen molar-refractivity contribution in [3.05, 3.63) is 47.0 Å². The molecule has 6 heteroatoms. The molecule has 0 unspecified atom stereocenters. The van der Waals surface area contributed by atoms with Gasteiger partial charge in [-0.1, -0.05) is 30.3 Å². The lowest BCUT2D eigenvalue weighted by molar-refractivity contribution is 0.807. The maximum atomic E-state index is 11.7. The van der Waals surface area contributed by atoms with Crippen molar-refractivity contribution in [3.63, 3.8) is 0 Å². The predicted molar refractivity (Wildman–Crippen MR) is 69.2 cm³/mol. The Morgan fingerprint density at radius 2 is 2.11 bits per heavy atom. The first-order chi connectivity index (χ1) is 9.29. The predicted octanol–water partition coefficient (Wildman–Crippen LogP) is 1.31. The topological polar surface area (TPSA) is 87.4 Å². The molecule has 19 heavy (non-hydrogen) atoms. The molecule has 0 amide bonds. The van der Waals surface area contributed by atoms with E-state index >= 15 is 0 Å². The number of nitrogens with zero attached hydrogens (tertiary/aromatic N) is 4. The number of H-pyrrole nitrogens is 1. The number of fused-ring (bicyclic) bond motifs is 1. The van der Waals surface area contributed by atoms with Crippen molar-refractivity contribution in [2.24, 2.45) is 0 Å². The van der Waals surface area contributed by atoms with E-state index in [4.69, 9.17) is 5.26 Å². The second-order valence-corrected chi connectivity index (χ2v) is 3.97. The minimum Gasteiger partial charge on any atom is -0.303 e. The van der Waals surface area contributed by atoms with Crippen molar-refractivity contribution >= 4 is 11.2 Å². The summed E-state index contributed by atoms with van der Waals surface area (Å²) in [6, 6.07) is 11.4. The van der Waals surface area contributed by atoms with E-state index in [0.29, 0.717) is 17.0 Å².